The number of hydrogen-bond acceptors (Lipinski definition) is 7. The molecular weight excluding hydrogens is 382 g/mol. The largest absolute Gasteiger partial charge is 0.459 e. The molecule has 0 bridgehead atoms. The second-order valence-electron chi connectivity index (χ2n) is 7.20. The Morgan fingerprint density at radius 3 is 2.75 bits per heavy atom. The first kappa shape index (κ1) is 19.3. The van der Waals surface area contributed by atoms with Gasteiger partial charge in [-0.2, -0.15) is 0 Å². The van der Waals surface area contributed by atoms with Crippen LogP contribution >= 0.6 is 0 Å². The number of aromatic nitrogens is 1. The Morgan fingerprint density at radius 1 is 1.21 bits per heavy atom. The van der Waals surface area contributed by atoms with Crippen molar-refractivity contribution in [3.8, 4) is 0 Å². The SMILES string of the molecule is CC1OCCC1S(=O)(=O)c1c(C(=O)OCC2CCCO2)cnc2ccccc12. The van der Waals surface area contributed by atoms with E-state index in [9.17, 15) is 13.2 Å². The standard InChI is InChI=1S/C20H23NO6S/c1-13-18(8-10-25-13)28(23,24)19-15-6-2-3-7-17(15)21-11-16(19)20(22)27-12-14-5-4-9-26-14/h2-3,6-7,11,13-14,18H,4-5,8-10,12H2,1H3. The summed E-state index contributed by atoms with van der Waals surface area (Å²) in [5.74, 6) is -0.695. The van der Waals surface area contributed by atoms with Gasteiger partial charge in [-0.25, -0.2) is 13.2 Å². The summed E-state index contributed by atoms with van der Waals surface area (Å²) in [6.45, 7) is 2.88. The smallest absolute Gasteiger partial charge is 0.341 e. The highest BCUT2D eigenvalue weighted by Gasteiger charge is 2.40. The van der Waals surface area contributed by atoms with Gasteiger partial charge in [0, 0.05) is 24.8 Å². The molecule has 1 aromatic carbocycles. The maximum atomic E-state index is 13.5. The molecule has 3 unspecified atom stereocenters. The fourth-order valence-corrected chi connectivity index (χ4v) is 6.08. The second kappa shape index (κ2) is 7.77. The molecule has 1 aromatic heterocycles. The summed E-state index contributed by atoms with van der Waals surface area (Å²) >= 11 is 0. The number of rotatable bonds is 5. The summed E-state index contributed by atoms with van der Waals surface area (Å²) in [5, 5.41) is -0.281. The number of fused-ring (bicyclic) bond motifs is 1. The number of nitrogens with zero attached hydrogens (tertiary/aromatic N) is 1. The molecule has 7 nitrogen and oxygen atoms in total. The summed E-state index contributed by atoms with van der Waals surface area (Å²) in [4.78, 5) is 17.1. The van der Waals surface area contributed by atoms with E-state index in [0.29, 0.717) is 30.5 Å². The molecule has 3 heterocycles. The lowest BCUT2D eigenvalue weighted by molar-refractivity contribution is 0.0158. The third-order valence-corrected chi connectivity index (χ3v) is 7.79. The van der Waals surface area contributed by atoms with E-state index >= 15 is 0 Å². The number of sulfone groups is 1. The predicted octanol–water partition coefficient (Wildman–Crippen LogP) is 2.52. The van der Waals surface area contributed by atoms with Crippen molar-refractivity contribution in [2.24, 2.45) is 0 Å². The van der Waals surface area contributed by atoms with Crippen LogP contribution in [0.4, 0.5) is 0 Å². The third kappa shape index (κ3) is 3.52. The van der Waals surface area contributed by atoms with Crippen molar-refractivity contribution in [1.29, 1.82) is 0 Å². The fourth-order valence-electron chi connectivity index (χ4n) is 3.86. The Bertz CT molecular complexity index is 983. The minimum Gasteiger partial charge on any atom is -0.459 e. The van der Waals surface area contributed by atoms with Crippen LogP contribution in [0.15, 0.2) is 35.4 Å². The van der Waals surface area contributed by atoms with Gasteiger partial charge in [-0.05, 0) is 32.3 Å². The van der Waals surface area contributed by atoms with Crippen LogP contribution in [-0.2, 0) is 24.0 Å². The first-order chi connectivity index (χ1) is 13.5. The molecule has 0 N–H and O–H groups in total. The fraction of sp³-hybridized carbons (Fsp3) is 0.500. The molecule has 0 amide bonds. The molecule has 28 heavy (non-hydrogen) atoms. The van der Waals surface area contributed by atoms with E-state index in [4.69, 9.17) is 14.2 Å². The maximum Gasteiger partial charge on any atom is 0.341 e. The number of benzene rings is 1. The lowest BCUT2D eigenvalue weighted by Crippen LogP contribution is -2.30. The molecule has 0 saturated carbocycles. The van der Waals surface area contributed by atoms with Crippen LogP contribution in [0, 0.1) is 0 Å². The molecule has 2 aliphatic heterocycles. The van der Waals surface area contributed by atoms with Crippen LogP contribution in [0.2, 0.25) is 0 Å². The minimum atomic E-state index is -3.82. The Hall–Kier alpha value is -2.03. The molecule has 3 atom stereocenters. The van der Waals surface area contributed by atoms with Gasteiger partial charge in [0.1, 0.15) is 6.61 Å². The van der Waals surface area contributed by atoms with E-state index in [1.807, 2.05) is 0 Å². The highest BCUT2D eigenvalue weighted by Crippen LogP contribution is 2.33. The van der Waals surface area contributed by atoms with Gasteiger partial charge in [0.15, 0.2) is 9.84 Å². The topological polar surface area (TPSA) is 91.8 Å². The normalized spacial score (nSPS) is 25.2. The van der Waals surface area contributed by atoms with E-state index in [2.05, 4.69) is 4.98 Å². The van der Waals surface area contributed by atoms with Gasteiger partial charge in [0.25, 0.3) is 0 Å². The maximum absolute atomic E-state index is 13.5. The van der Waals surface area contributed by atoms with E-state index in [-0.39, 0.29) is 23.2 Å². The summed E-state index contributed by atoms with van der Waals surface area (Å²) in [7, 11) is -3.82. The molecule has 2 saturated heterocycles. The molecule has 2 aliphatic rings. The van der Waals surface area contributed by atoms with Gasteiger partial charge in [-0.3, -0.25) is 4.98 Å². The lowest BCUT2D eigenvalue weighted by Gasteiger charge is -2.19. The Kier molecular flexibility index (Phi) is 5.35. The zero-order chi connectivity index (χ0) is 19.7. The van der Waals surface area contributed by atoms with Crippen molar-refractivity contribution in [2.75, 3.05) is 19.8 Å². The minimum absolute atomic E-state index is 0.0159. The van der Waals surface area contributed by atoms with Crippen molar-refractivity contribution in [3.63, 3.8) is 0 Å². The van der Waals surface area contributed by atoms with Gasteiger partial charge in [-0.1, -0.05) is 18.2 Å². The van der Waals surface area contributed by atoms with E-state index in [0.717, 1.165) is 12.8 Å². The van der Waals surface area contributed by atoms with Gasteiger partial charge in [0.2, 0.25) is 0 Å². The molecule has 2 fully saturated rings. The van der Waals surface area contributed by atoms with E-state index in [1.54, 1.807) is 31.2 Å². The zero-order valence-electron chi connectivity index (χ0n) is 15.7. The number of carbonyl (C=O) groups is 1. The highest BCUT2D eigenvalue weighted by atomic mass is 32.2. The number of para-hydroxylation sites is 1. The summed E-state index contributed by atoms with van der Waals surface area (Å²) in [6, 6.07) is 6.92. The van der Waals surface area contributed by atoms with Gasteiger partial charge < -0.3 is 14.2 Å². The molecule has 150 valence electrons. The van der Waals surface area contributed by atoms with E-state index < -0.39 is 27.2 Å². The van der Waals surface area contributed by atoms with Crippen molar-refractivity contribution >= 4 is 26.7 Å². The zero-order valence-corrected chi connectivity index (χ0v) is 16.5. The molecule has 8 heteroatoms. The third-order valence-electron chi connectivity index (χ3n) is 5.36. The quantitative estimate of drug-likeness (QED) is 0.706. The van der Waals surface area contributed by atoms with Crippen LogP contribution in [-0.4, -0.2) is 56.6 Å². The van der Waals surface area contributed by atoms with Crippen molar-refractivity contribution in [3.05, 3.63) is 36.0 Å². The Balaban J connectivity index is 1.76. The summed E-state index contributed by atoms with van der Waals surface area (Å²) in [6.07, 6.45) is 2.87. The monoisotopic (exact) mass is 405 g/mol. The molecule has 2 aromatic rings. The molecule has 0 spiro atoms. The van der Waals surface area contributed by atoms with Crippen molar-refractivity contribution < 1.29 is 27.4 Å². The number of pyridine rings is 1. The van der Waals surface area contributed by atoms with Crippen LogP contribution in [0.5, 0.6) is 0 Å². The van der Waals surface area contributed by atoms with Crippen LogP contribution in [0.1, 0.15) is 36.5 Å². The average Bonchev–Trinajstić information content (AvgIpc) is 3.36. The van der Waals surface area contributed by atoms with E-state index in [1.165, 1.54) is 6.20 Å². The Labute approximate surface area is 163 Å². The number of carbonyl (C=O) groups excluding carboxylic acids is 1. The molecule has 4 rings (SSSR count). The Morgan fingerprint density at radius 2 is 2.04 bits per heavy atom. The lowest BCUT2D eigenvalue weighted by atomic mass is 10.1. The van der Waals surface area contributed by atoms with Gasteiger partial charge in [-0.15, -0.1) is 0 Å². The highest BCUT2D eigenvalue weighted by molar-refractivity contribution is 7.92. The number of esters is 1. The average molecular weight is 405 g/mol. The summed E-state index contributed by atoms with van der Waals surface area (Å²) in [5.41, 5.74) is 0.485. The van der Waals surface area contributed by atoms with Crippen molar-refractivity contribution in [1.82, 2.24) is 4.98 Å². The predicted molar refractivity (Wildman–Crippen MR) is 102 cm³/mol. The van der Waals surface area contributed by atoms with Gasteiger partial charge >= 0.3 is 5.97 Å². The molecular formula is C20H23NO6S. The molecule has 0 aliphatic carbocycles. The van der Waals surface area contributed by atoms with Crippen molar-refractivity contribution in [2.45, 2.75) is 48.5 Å². The van der Waals surface area contributed by atoms with Crippen LogP contribution < -0.4 is 0 Å². The number of hydrogen-bond donors (Lipinski definition) is 0. The van der Waals surface area contributed by atoms with Crippen LogP contribution in [0.3, 0.4) is 0 Å². The van der Waals surface area contributed by atoms with Crippen LogP contribution in [0.25, 0.3) is 10.9 Å². The second-order valence-corrected chi connectivity index (χ2v) is 9.30. The first-order valence-electron chi connectivity index (χ1n) is 9.50. The molecule has 0 radical (unpaired) electrons. The first-order valence-corrected chi connectivity index (χ1v) is 11.0. The number of ether oxygens (including phenoxy) is 3. The van der Waals surface area contributed by atoms with Gasteiger partial charge in [0.05, 0.1) is 33.4 Å². The summed E-state index contributed by atoms with van der Waals surface area (Å²) < 4.78 is 43.3.